The van der Waals surface area contributed by atoms with E-state index in [4.69, 9.17) is 0 Å². The lowest BCUT2D eigenvalue weighted by molar-refractivity contribution is -0.121. The Morgan fingerprint density at radius 1 is 1.21 bits per heavy atom. The highest BCUT2D eigenvalue weighted by Gasteiger charge is 2.19. The first-order valence-corrected chi connectivity index (χ1v) is 10.3. The molecule has 1 aromatic carbocycles. The molecule has 0 aliphatic rings. The van der Waals surface area contributed by atoms with Crippen molar-refractivity contribution in [2.45, 2.75) is 32.6 Å². The van der Waals surface area contributed by atoms with Crippen molar-refractivity contribution in [3.8, 4) is 10.6 Å². The Morgan fingerprint density at radius 2 is 2.00 bits per heavy atom. The van der Waals surface area contributed by atoms with Crippen molar-refractivity contribution >= 4 is 17.2 Å². The zero-order valence-corrected chi connectivity index (χ0v) is 16.9. The minimum Gasteiger partial charge on any atom is -0.356 e. The van der Waals surface area contributed by atoms with Crippen LogP contribution in [0.5, 0.6) is 0 Å². The Balaban J connectivity index is 1.51. The number of nitrogens with zero attached hydrogens (tertiary/aromatic N) is 2. The number of aromatic nitrogens is 2. The van der Waals surface area contributed by atoms with Gasteiger partial charge in [0.15, 0.2) is 0 Å². The average molecular weight is 398 g/mol. The molecular weight excluding hydrogens is 373 g/mol. The monoisotopic (exact) mass is 397 g/mol. The molecule has 2 aromatic heterocycles. The quantitative estimate of drug-likeness (QED) is 0.592. The van der Waals surface area contributed by atoms with Gasteiger partial charge in [-0.05, 0) is 41.7 Å². The molecule has 0 saturated carbocycles. The summed E-state index contributed by atoms with van der Waals surface area (Å²) < 4.78 is 13.2. The van der Waals surface area contributed by atoms with Gasteiger partial charge in [-0.2, -0.15) is 0 Å². The number of nitrogens with one attached hydrogen (secondary N) is 1. The number of halogens is 1. The fraction of sp³-hybridized carbons (Fsp3) is 0.318. The maximum Gasteiger partial charge on any atom is 0.220 e. The number of hydrogen-bond donors (Lipinski definition) is 1. The standard InChI is InChI=1S/C22H24FN3OS/c1-15(2)20(16-5-7-18(23)8-6-16)12-21(27)25-11-9-19-14-28-22(26-19)17-4-3-10-24-13-17/h3-8,10,13-15,20H,9,11-12H2,1-2H3,(H,25,27). The molecule has 0 aliphatic carbocycles. The number of carbonyl (C=O) groups excluding carboxylic acids is 1. The van der Waals surface area contributed by atoms with E-state index >= 15 is 0 Å². The summed E-state index contributed by atoms with van der Waals surface area (Å²) in [4.78, 5) is 21.1. The fourth-order valence-corrected chi connectivity index (χ4v) is 3.94. The molecule has 28 heavy (non-hydrogen) atoms. The van der Waals surface area contributed by atoms with Crippen LogP contribution in [-0.4, -0.2) is 22.4 Å². The Labute approximate surface area is 168 Å². The number of hydrogen-bond acceptors (Lipinski definition) is 4. The van der Waals surface area contributed by atoms with E-state index in [2.05, 4.69) is 29.1 Å². The minimum absolute atomic E-state index is 0.00531. The second-order valence-electron chi connectivity index (χ2n) is 7.09. The number of benzene rings is 1. The average Bonchev–Trinajstić information content (AvgIpc) is 3.16. The molecule has 3 aromatic rings. The minimum atomic E-state index is -0.260. The molecular formula is C22H24FN3OS. The first kappa shape index (κ1) is 20.1. The smallest absolute Gasteiger partial charge is 0.220 e. The highest BCUT2D eigenvalue weighted by Crippen LogP contribution is 2.28. The van der Waals surface area contributed by atoms with Crippen LogP contribution in [0.1, 0.15) is 37.4 Å². The molecule has 1 atom stereocenters. The normalized spacial score (nSPS) is 12.1. The van der Waals surface area contributed by atoms with Gasteiger partial charge in [0.2, 0.25) is 5.91 Å². The lowest BCUT2D eigenvalue weighted by Gasteiger charge is -2.21. The van der Waals surface area contributed by atoms with Crippen LogP contribution in [0.25, 0.3) is 10.6 Å². The van der Waals surface area contributed by atoms with E-state index in [-0.39, 0.29) is 23.6 Å². The van der Waals surface area contributed by atoms with Crippen LogP contribution < -0.4 is 5.32 Å². The summed E-state index contributed by atoms with van der Waals surface area (Å²) in [6.45, 7) is 4.70. The van der Waals surface area contributed by atoms with Gasteiger partial charge in [0.1, 0.15) is 10.8 Å². The van der Waals surface area contributed by atoms with Crippen LogP contribution in [0.3, 0.4) is 0 Å². The predicted molar refractivity (Wildman–Crippen MR) is 111 cm³/mol. The van der Waals surface area contributed by atoms with Gasteiger partial charge in [0.05, 0.1) is 5.69 Å². The van der Waals surface area contributed by atoms with Crippen LogP contribution in [-0.2, 0) is 11.2 Å². The van der Waals surface area contributed by atoms with Crippen molar-refractivity contribution in [2.75, 3.05) is 6.54 Å². The van der Waals surface area contributed by atoms with Gasteiger partial charge in [-0.15, -0.1) is 11.3 Å². The summed E-state index contributed by atoms with van der Waals surface area (Å²) in [5.74, 6) is 0.101. The van der Waals surface area contributed by atoms with Gasteiger partial charge in [-0.3, -0.25) is 9.78 Å². The Kier molecular flexibility index (Phi) is 6.87. The van der Waals surface area contributed by atoms with Gasteiger partial charge >= 0.3 is 0 Å². The second-order valence-corrected chi connectivity index (χ2v) is 7.95. The Hall–Kier alpha value is -2.60. The lowest BCUT2D eigenvalue weighted by atomic mass is 9.85. The molecule has 0 radical (unpaired) electrons. The van der Waals surface area contributed by atoms with E-state index in [1.165, 1.54) is 12.1 Å². The summed E-state index contributed by atoms with van der Waals surface area (Å²) >= 11 is 1.58. The van der Waals surface area contributed by atoms with Crippen LogP contribution in [0.2, 0.25) is 0 Å². The SMILES string of the molecule is CC(C)C(CC(=O)NCCc1csc(-c2cccnc2)n1)c1ccc(F)cc1. The van der Waals surface area contributed by atoms with Gasteiger partial charge in [-0.1, -0.05) is 26.0 Å². The summed E-state index contributed by atoms with van der Waals surface area (Å²) in [6, 6.07) is 10.3. The van der Waals surface area contributed by atoms with E-state index < -0.39 is 0 Å². The summed E-state index contributed by atoms with van der Waals surface area (Å²) in [5, 5.41) is 5.94. The number of thiazole rings is 1. The third-order valence-corrected chi connectivity index (χ3v) is 5.61. The second kappa shape index (κ2) is 9.55. The third-order valence-electron chi connectivity index (χ3n) is 4.67. The van der Waals surface area contributed by atoms with E-state index in [1.54, 1.807) is 35.9 Å². The van der Waals surface area contributed by atoms with Crippen LogP contribution in [0.15, 0.2) is 54.2 Å². The van der Waals surface area contributed by atoms with Gasteiger partial charge in [0.25, 0.3) is 0 Å². The highest BCUT2D eigenvalue weighted by atomic mass is 32.1. The van der Waals surface area contributed by atoms with Gasteiger partial charge in [0, 0.05) is 42.7 Å². The number of amides is 1. The molecule has 1 N–H and O–H groups in total. The number of rotatable bonds is 8. The van der Waals surface area contributed by atoms with Crippen LogP contribution in [0, 0.1) is 11.7 Å². The fourth-order valence-electron chi connectivity index (χ4n) is 3.09. The predicted octanol–water partition coefficient (Wildman–Crippen LogP) is 4.83. The van der Waals surface area contributed by atoms with Crippen molar-refractivity contribution in [1.29, 1.82) is 0 Å². The van der Waals surface area contributed by atoms with Crippen molar-refractivity contribution in [1.82, 2.24) is 15.3 Å². The summed E-state index contributed by atoms with van der Waals surface area (Å²) in [5.41, 5.74) is 2.96. The van der Waals surface area contributed by atoms with Crippen molar-refractivity contribution in [3.05, 3.63) is 71.2 Å². The van der Waals surface area contributed by atoms with Crippen LogP contribution in [0.4, 0.5) is 4.39 Å². The Bertz CT molecular complexity index is 894. The van der Waals surface area contributed by atoms with Crippen LogP contribution >= 0.6 is 11.3 Å². The van der Waals surface area contributed by atoms with Crippen molar-refractivity contribution in [2.24, 2.45) is 5.92 Å². The maximum atomic E-state index is 13.2. The molecule has 0 fully saturated rings. The van der Waals surface area contributed by atoms with E-state index in [9.17, 15) is 9.18 Å². The first-order valence-electron chi connectivity index (χ1n) is 9.40. The zero-order valence-electron chi connectivity index (χ0n) is 16.1. The molecule has 0 aliphatic heterocycles. The molecule has 0 saturated heterocycles. The van der Waals surface area contributed by atoms with Crippen molar-refractivity contribution in [3.63, 3.8) is 0 Å². The third kappa shape index (κ3) is 5.45. The largest absolute Gasteiger partial charge is 0.356 e. The molecule has 0 bridgehead atoms. The van der Waals surface area contributed by atoms with E-state index in [0.717, 1.165) is 21.8 Å². The van der Waals surface area contributed by atoms with Crippen molar-refractivity contribution < 1.29 is 9.18 Å². The lowest BCUT2D eigenvalue weighted by Crippen LogP contribution is -2.28. The number of pyridine rings is 1. The number of carbonyl (C=O) groups is 1. The zero-order chi connectivity index (χ0) is 19.9. The summed E-state index contributed by atoms with van der Waals surface area (Å²) in [6.07, 6.45) is 4.61. The molecule has 4 nitrogen and oxygen atoms in total. The molecule has 6 heteroatoms. The van der Waals surface area contributed by atoms with Gasteiger partial charge in [-0.25, -0.2) is 9.37 Å². The molecule has 0 spiro atoms. The maximum absolute atomic E-state index is 13.2. The molecule has 1 amide bonds. The molecule has 3 rings (SSSR count). The van der Waals surface area contributed by atoms with E-state index in [1.807, 2.05) is 17.5 Å². The topological polar surface area (TPSA) is 54.9 Å². The molecule has 2 heterocycles. The van der Waals surface area contributed by atoms with Gasteiger partial charge < -0.3 is 5.32 Å². The molecule has 1 unspecified atom stereocenters. The first-order chi connectivity index (χ1) is 13.5. The Morgan fingerprint density at radius 3 is 2.68 bits per heavy atom. The summed E-state index contributed by atoms with van der Waals surface area (Å²) in [7, 11) is 0. The van der Waals surface area contributed by atoms with E-state index in [0.29, 0.717) is 19.4 Å². The highest BCUT2D eigenvalue weighted by molar-refractivity contribution is 7.13. The molecule has 146 valence electrons.